The fourth-order valence-corrected chi connectivity index (χ4v) is 4.27. The lowest BCUT2D eigenvalue weighted by molar-refractivity contribution is -0.115. The highest BCUT2D eigenvalue weighted by molar-refractivity contribution is 7.99. The van der Waals surface area contributed by atoms with Gasteiger partial charge in [0.1, 0.15) is 0 Å². The quantitative estimate of drug-likeness (QED) is 0.313. The van der Waals surface area contributed by atoms with E-state index >= 15 is 0 Å². The largest absolute Gasteiger partial charge is 0.326 e. The third kappa shape index (κ3) is 4.81. The highest BCUT2D eigenvalue weighted by atomic mass is 35.5. The summed E-state index contributed by atoms with van der Waals surface area (Å²) < 4.78 is 1.60. The summed E-state index contributed by atoms with van der Waals surface area (Å²) in [5, 5.41) is 4.58. The van der Waals surface area contributed by atoms with Crippen molar-refractivity contribution in [2.45, 2.75) is 18.5 Å². The van der Waals surface area contributed by atoms with Gasteiger partial charge in [0.15, 0.2) is 5.16 Å². The minimum absolute atomic E-state index is 0.123. The van der Waals surface area contributed by atoms with Gasteiger partial charge in [0.05, 0.1) is 16.6 Å². The van der Waals surface area contributed by atoms with Crippen LogP contribution in [0, 0.1) is 6.92 Å². The van der Waals surface area contributed by atoms with Crippen LogP contribution in [0.2, 0.25) is 5.02 Å². The monoisotopic (exact) mass is 449 g/mol. The summed E-state index contributed by atoms with van der Waals surface area (Å²) in [5.74, 6) is 0.352. The van der Waals surface area contributed by atoms with Crippen LogP contribution >= 0.6 is 23.4 Å². The number of hydrogen-bond donors (Lipinski definition) is 1. The molecule has 0 aliphatic heterocycles. The molecule has 1 aromatic heterocycles. The van der Waals surface area contributed by atoms with Crippen molar-refractivity contribution in [3.63, 3.8) is 0 Å². The molecule has 5 nitrogen and oxygen atoms in total. The molecular weight excluding hydrogens is 430 g/mol. The molecule has 4 aromatic rings. The van der Waals surface area contributed by atoms with Crippen LogP contribution in [0.15, 0.2) is 82.7 Å². The number of halogens is 1. The summed E-state index contributed by atoms with van der Waals surface area (Å²) in [7, 11) is 0. The van der Waals surface area contributed by atoms with Crippen LogP contribution in [-0.4, -0.2) is 21.2 Å². The first-order chi connectivity index (χ1) is 15.0. The number of fused-ring (bicyclic) bond motifs is 1. The molecule has 0 atom stereocenters. The Balaban J connectivity index is 1.54. The molecule has 4 rings (SSSR count). The summed E-state index contributed by atoms with van der Waals surface area (Å²) in [5.41, 5.74) is 2.87. The number of carbonyl (C=O) groups is 1. The third-order valence-electron chi connectivity index (χ3n) is 4.78. The summed E-state index contributed by atoms with van der Waals surface area (Å²) in [6, 6.07) is 22.1. The van der Waals surface area contributed by atoms with E-state index in [-0.39, 0.29) is 17.9 Å². The van der Waals surface area contributed by atoms with Crippen LogP contribution in [0.25, 0.3) is 16.6 Å². The van der Waals surface area contributed by atoms with Gasteiger partial charge in [0.2, 0.25) is 5.91 Å². The van der Waals surface area contributed by atoms with Crippen LogP contribution in [0.3, 0.4) is 0 Å². The lowest BCUT2D eigenvalue weighted by Crippen LogP contribution is -2.22. The minimum atomic E-state index is -0.127. The summed E-state index contributed by atoms with van der Waals surface area (Å²) in [4.78, 5) is 30.2. The zero-order chi connectivity index (χ0) is 21.8. The molecule has 0 bridgehead atoms. The van der Waals surface area contributed by atoms with Gasteiger partial charge in [-0.2, -0.15) is 0 Å². The van der Waals surface area contributed by atoms with Crippen molar-refractivity contribution in [2.24, 2.45) is 0 Å². The Labute approximate surface area is 189 Å². The lowest BCUT2D eigenvalue weighted by atomic mass is 10.2. The van der Waals surface area contributed by atoms with Gasteiger partial charge in [-0.15, -0.1) is 0 Å². The van der Waals surface area contributed by atoms with Crippen molar-refractivity contribution in [2.75, 3.05) is 11.1 Å². The molecule has 0 spiro atoms. The molecule has 0 radical (unpaired) electrons. The Morgan fingerprint density at radius 2 is 1.81 bits per heavy atom. The third-order valence-corrected chi connectivity index (χ3v) is 6.12. The minimum Gasteiger partial charge on any atom is -0.326 e. The van der Waals surface area contributed by atoms with Crippen molar-refractivity contribution in [1.29, 1.82) is 0 Å². The highest BCUT2D eigenvalue weighted by Gasteiger charge is 2.14. The second-order valence-corrected chi connectivity index (χ2v) is 8.47. The van der Waals surface area contributed by atoms with E-state index in [1.54, 1.807) is 16.7 Å². The van der Waals surface area contributed by atoms with Crippen LogP contribution in [0.5, 0.6) is 0 Å². The first kappa shape index (κ1) is 21.2. The van der Waals surface area contributed by atoms with E-state index in [2.05, 4.69) is 5.32 Å². The van der Waals surface area contributed by atoms with Crippen molar-refractivity contribution >= 4 is 45.9 Å². The molecule has 31 heavy (non-hydrogen) atoms. The van der Waals surface area contributed by atoms with Gasteiger partial charge in [0, 0.05) is 22.9 Å². The van der Waals surface area contributed by atoms with Crippen LogP contribution in [0.4, 0.5) is 5.69 Å². The number of rotatable bonds is 6. The van der Waals surface area contributed by atoms with Gasteiger partial charge in [-0.05, 0) is 48.9 Å². The Kier molecular flexibility index (Phi) is 6.39. The average Bonchev–Trinajstić information content (AvgIpc) is 2.77. The highest BCUT2D eigenvalue weighted by Crippen LogP contribution is 2.23. The predicted molar refractivity (Wildman–Crippen MR) is 127 cm³/mol. The number of thioether (sulfide) groups is 1. The van der Waals surface area contributed by atoms with Crippen LogP contribution in [0.1, 0.15) is 12.0 Å². The Morgan fingerprint density at radius 3 is 2.58 bits per heavy atom. The number of aromatic nitrogens is 2. The molecule has 0 fully saturated rings. The number of benzene rings is 3. The maximum atomic E-state index is 13.2. The second kappa shape index (κ2) is 9.37. The first-order valence-electron chi connectivity index (χ1n) is 9.79. The van der Waals surface area contributed by atoms with E-state index in [4.69, 9.17) is 16.6 Å². The number of nitrogens with zero attached hydrogens (tertiary/aromatic N) is 2. The fourth-order valence-electron chi connectivity index (χ4n) is 3.14. The molecule has 1 amide bonds. The van der Waals surface area contributed by atoms with E-state index in [0.29, 0.717) is 32.5 Å². The van der Waals surface area contributed by atoms with Gasteiger partial charge in [-0.1, -0.05) is 59.8 Å². The average molecular weight is 450 g/mol. The van der Waals surface area contributed by atoms with E-state index in [1.807, 2.05) is 67.6 Å². The standard InChI is InChI=1S/C24H20ClN3O2S/c1-16-11-12-17(15-20(16)25)26-22(29)13-14-31-24-27-21-10-6-5-9-19(21)23(30)28(24)18-7-3-2-4-8-18/h2-12,15H,13-14H2,1H3,(H,26,29). The van der Waals surface area contributed by atoms with E-state index in [9.17, 15) is 9.59 Å². The summed E-state index contributed by atoms with van der Waals surface area (Å²) >= 11 is 7.50. The number of amides is 1. The Morgan fingerprint density at radius 1 is 1.06 bits per heavy atom. The van der Waals surface area contributed by atoms with Gasteiger partial charge in [-0.3, -0.25) is 14.2 Å². The fraction of sp³-hybridized carbons (Fsp3) is 0.125. The number of nitrogens with one attached hydrogen (secondary N) is 1. The summed E-state index contributed by atoms with van der Waals surface area (Å²) in [6.07, 6.45) is 0.271. The molecule has 156 valence electrons. The molecule has 0 saturated carbocycles. The Bertz CT molecular complexity index is 1310. The van der Waals surface area contributed by atoms with Crippen LogP contribution < -0.4 is 10.9 Å². The first-order valence-corrected chi connectivity index (χ1v) is 11.2. The number of hydrogen-bond acceptors (Lipinski definition) is 4. The molecule has 3 aromatic carbocycles. The SMILES string of the molecule is Cc1ccc(NC(=O)CCSc2nc3ccccc3c(=O)n2-c2ccccc2)cc1Cl. The molecule has 0 unspecified atom stereocenters. The molecule has 0 aliphatic rings. The molecule has 0 aliphatic carbocycles. The number of anilines is 1. The van der Waals surface area contributed by atoms with Crippen molar-refractivity contribution in [3.05, 3.63) is 93.7 Å². The summed E-state index contributed by atoms with van der Waals surface area (Å²) in [6.45, 7) is 1.91. The number of aryl methyl sites for hydroxylation is 1. The zero-order valence-corrected chi connectivity index (χ0v) is 18.4. The zero-order valence-electron chi connectivity index (χ0n) is 16.8. The van der Waals surface area contributed by atoms with E-state index < -0.39 is 0 Å². The molecule has 7 heteroatoms. The van der Waals surface area contributed by atoms with Gasteiger partial charge >= 0.3 is 0 Å². The van der Waals surface area contributed by atoms with E-state index in [0.717, 1.165) is 11.3 Å². The van der Waals surface area contributed by atoms with Crippen molar-refractivity contribution < 1.29 is 4.79 Å². The van der Waals surface area contributed by atoms with Gasteiger partial charge in [0.25, 0.3) is 5.56 Å². The molecule has 1 N–H and O–H groups in total. The lowest BCUT2D eigenvalue weighted by Gasteiger charge is -2.13. The molecule has 1 heterocycles. The molecule has 0 saturated heterocycles. The van der Waals surface area contributed by atoms with Gasteiger partial charge < -0.3 is 5.32 Å². The molecular formula is C24H20ClN3O2S. The topological polar surface area (TPSA) is 64.0 Å². The smallest absolute Gasteiger partial charge is 0.266 e. The maximum Gasteiger partial charge on any atom is 0.266 e. The maximum absolute atomic E-state index is 13.2. The number of para-hydroxylation sites is 2. The van der Waals surface area contributed by atoms with Crippen molar-refractivity contribution in [3.8, 4) is 5.69 Å². The predicted octanol–water partition coefficient (Wildman–Crippen LogP) is 5.47. The van der Waals surface area contributed by atoms with E-state index in [1.165, 1.54) is 11.8 Å². The van der Waals surface area contributed by atoms with Gasteiger partial charge in [-0.25, -0.2) is 4.98 Å². The number of carbonyl (C=O) groups excluding carboxylic acids is 1. The normalized spacial score (nSPS) is 10.9. The van der Waals surface area contributed by atoms with Crippen molar-refractivity contribution in [1.82, 2.24) is 9.55 Å². The Hall–Kier alpha value is -3.09. The van der Waals surface area contributed by atoms with Crippen LogP contribution in [-0.2, 0) is 4.79 Å². The second-order valence-electron chi connectivity index (χ2n) is 7.00.